The van der Waals surface area contributed by atoms with Crippen LogP contribution in [0, 0.1) is 6.92 Å². The molecule has 0 fully saturated rings. The zero-order chi connectivity index (χ0) is 21.1. The molecule has 2 heterocycles. The highest BCUT2D eigenvalue weighted by atomic mass is 19.3. The first kappa shape index (κ1) is 20.5. The van der Waals surface area contributed by atoms with Crippen molar-refractivity contribution >= 4 is 17.8 Å². The van der Waals surface area contributed by atoms with E-state index in [0.29, 0.717) is 22.4 Å². The molecule has 1 aliphatic heterocycles. The molecule has 0 saturated heterocycles. The van der Waals surface area contributed by atoms with E-state index in [-0.39, 0.29) is 24.3 Å². The minimum absolute atomic E-state index is 0.182. The number of methoxy groups -OCH3 is 1. The molecule has 154 valence electrons. The number of halogens is 2. The summed E-state index contributed by atoms with van der Waals surface area (Å²) in [6.07, 6.45) is -1.76. The number of pyridine rings is 1. The number of hydrogen-bond donors (Lipinski definition) is 1. The first-order valence-electron chi connectivity index (χ1n) is 8.97. The molecule has 3 rings (SSSR count). The summed E-state index contributed by atoms with van der Waals surface area (Å²) >= 11 is 0. The van der Waals surface area contributed by atoms with Crippen LogP contribution < -0.4 is 10.1 Å². The van der Waals surface area contributed by atoms with E-state index >= 15 is 0 Å². The lowest BCUT2D eigenvalue weighted by molar-refractivity contribution is 0.0714. The number of amides is 2. The van der Waals surface area contributed by atoms with Gasteiger partial charge in [0, 0.05) is 17.3 Å². The van der Waals surface area contributed by atoms with Gasteiger partial charge in [-0.3, -0.25) is 10.1 Å². The lowest BCUT2D eigenvalue weighted by Crippen LogP contribution is -2.27. The highest BCUT2D eigenvalue weighted by Gasteiger charge is 2.34. The van der Waals surface area contributed by atoms with Gasteiger partial charge in [-0.1, -0.05) is 12.1 Å². The number of anilines is 1. The number of alkyl halides is 2. The second-order valence-corrected chi connectivity index (χ2v) is 6.64. The molecular weight excluding hydrogens is 384 g/mol. The minimum Gasteiger partial charge on any atom is -0.487 e. The van der Waals surface area contributed by atoms with Crippen molar-refractivity contribution in [1.29, 1.82) is 0 Å². The lowest BCUT2D eigenvalue weighted by Gasteiger charge is -2.25. The van der Waals surface area contributed by atoms with Crippen molar-refractivity contribution in [2.75, 3.05) is 19.0 Å². The zero-order valence-electron chi connectivity index (χ0n) is 16.2. The summed E-state index contributed by atoms with van der Waals surface area (Å²) < 4.78 is 34.4. The second-order valence-electron chi connectivity index (χ2n) is 6.64. The fourth-order valence-electron chi connectivity index (χ4n) is 3.25. The Morgan fingerprint density at radius 1 is 1.34 bits per heavy atom. The highest BCUT2D eigenvalue weighted by molar-refractivity contribution is 6.01. The van der Waals surface area contributed by atoms with Crippen molar-refractivity contribution < 1.29 is 27.8 Å². The van der Waals surface area contributed by atoms with E-state index in [1.807, 2.05) is 13.0 Å². The minimum atomic E-state index is -2.55. The molecule has 2 aromatic rings. The average Bonchev–Trinajstić information content (AvgIpc) is 3.04. The van der Waals surface area contributed by atoms with Gasteiger partial charge in [-0.2, -0.15) is 0 Å². The number of rotatable bonds is 6. The fourth-order valence-corrected chi connectivity index (χ4v) is 3.25. The van der Waals surface area contributed by atoms with E-state index in [2.05, 4.69) is 15.0 Å². The van der Waals surface area contributed by atoms with Crippen molar-refractivity contribution in [1.82, 2.24) is 9.88 Å². The Morgan fingerprint density at radius 3 is 2.76 bits per heavy atom. The van der Waals surface area contributed by atoms with Crippen LogP contribution in [0.5, 0.6) is 5.75 Å². The van der Waals surface area contributed by atoms with Gasteiger partial charge >= 0.3 is 6.09 Å². The Kier molecular flexibility index (Phi) is 5.95. The maximum Gasteiger partial charge on any atom is 0.412 e. The summed E-state index contributed by atoms with van der Waals surface area (Å²) in [6, 6.07) is 6.51. The number of carbonyl (C=O) groups excluding carboxylic acids is 2. The van der Waals surface area contributed by atoms with E-state index in [0.717, 1.165) is 5.56 Å². The Labute approximate surface area is 166 Å². The van der Waals surface area contributed by atoms with Crippen LogP contribution in [0.1, 0.15) is 40.0 Å². The molecule has 9 heteroatoms. The van der Waals surface area contributed by atoms with Gasteiger partial charge in [0.25, 0.3) is 12.3 Å². The summed E-state index contributed by atoms with van der Waals surface area (Å²) in [5.41, 5.74) is 2.62. The summed E-state index contributed by atoms with van der Waals surface area (Å²) in [7, 11) is 1.25. The van der Waals surface area contributed by atoms with Crippen molar-refractivity contribution in [2.45, 2.75) is 32.9 Å². The molecule has 0 spiro atoms. The normalized spacial score (nSPS) is 14.0. The lowest BCUT2D eigenvalue weighted by atomic mass is 10.0. The van der Waals surface area contributed by atoms with Crippen molar-refractivity contribution in [3.8, 4) is 5.75 Å². The predicted octanol–water partition coefficient (Wildman–Crippen LogP) is 3.93. The van der Waals surface area contributed by atoms with E-state index in [9.17, 15) is 18.4 Å². The topological polar surface area (TPSA) is 80.8 Å². The van der Waals surface area contributed by atoms with Crippen LogP contribution in [0.25, 0.3) is 0 Å². The number of aromatic nitrogens is 1. The average molecular weight is 405 g/mol. The molecule has 2 amide bonds. The molecule has 0 saturated carbocycles. The molecule has 0 radical (unpaired) electrons. The number of nitrogens with zero attached hydrogens (tertiary/aromatic N) is 2. The standard InChI is InChI=1S/C20H21F2N3O4/c1-11-8-13(4-5-16(11)29-10-17(21)22)12(2)25-9-15-14(19(25)26)6-7-23-18(15)24-20(27)28-3/h4-8,12,17H,9-10H2,1-3H3,(H,23,24,27). The third-order valence-electron chi connectivity index (χ3n) is 4.80. The van der Waals surface area contributed by atoms with E-state index in [1.165, 1.54) is 13.3 Å². The quantitative estimate of drug-likeness (QED) is 0.788. The summed E-state index contributed by atoms with van der Waals surface area (Å²) in [5.74, 6) is 0.480. The molecule has 1 atom stereocenters. The van der Waals surface area contributed by atoms with Crippen LogP contribution in [-0.4, -0.2) is 42.0 Å². The molecule has 1 aromatic carbocycles. The third kappa shape index (κ3) is 4.28. The van der Waals surface area contributed by atoms with Gasteiger partial charge in [0.05, 0.1) is 19.7 Å². The molecule has 1 unspecified atom stereocenters. The van der Waals surface area contributed by atoms with E-state index < -0.39 is 19.1 Å². The summed E-state index contributed by atoms with van der Waals surface area (Å²) in [5, 5.41) is 2.52. The van der Waals surface area contributed by atoms with Crippen LogP contribution in [0.15, 0.2) is 30.5 Å². The van der Waals surface area contributed by atoms with Gasteiger partial charge in [0.2, 0.25) is 0 Å². The Morgan fingerprint density at radius 2 is 2.10 bits per heavy atom. The largest absolute Gasteiger partial charge is 0.487 e. The Bertz CT molecular complexity index is 936. The first-order chi connectivity index (χ1) is 13.8. The van der Waals surface area contributed by atoms with Crippen molar-refractivity contribution in [3.05, 3.63) is 52.7 Å². The van der Waals surface area contributed by atoms with Crippen LogP contribution >= 0.6 is 0 Å². The molecular formula is C20H21F2N3O4. The van der Waals surface area contributed by atoms with Gasteiger partial charge in [0.1, 0.15) is 18.2 Å². The van der Waals surface area contributed by atoms with Gasteiger partial charge < -0.3 is 14.4 Å². The number of fused-ring (bicyclic) bond motifs is 1. The van der Waals surface area contributed by atoms with Gasteiger partial charge in [-0.05, 0) is 37.1 Å². The molecule has 7 nitrogen and oxygen atoms in total. The second kappa shape index (κ2) is 8.42. The first-order valence-corrected chi connectivity index (χ1v) is 8.97. The van der Waals surface area contributed by atoms with Gasteiger partial charge in [0.15, 0.2) is 0 Å². The maximum atomic E-state index is 12.9. The summed E-state index contributed by atoms with van der Waals surface area (Å²) in [4.78, 5) is 30.2. The number of nitrogens with one attached hydrogen (secondary N) is 1. The number of carbonyl (C=O) groups is 2. The number of aryl methyl sites for hydroxylation is 1. The van der Waals surface area contributed by atoms with Gasteiger partial charge in [-0.15, -0.1) is 0 Å². The van der Waals surface area contributed by atoms with Crippen molar-refractivity contribution in [3.63, 3.8) is 0 Å². The number of ether oxygens (including phenoxy) is 2. The SMILES string of the molecule is COC(=O)Nc1nccc2c1CN(C(C)c1ccc(OCC(F)F)c(C)c1)C2=O. The Hall–Kier alpha value is -3.23. The zero-order valence-corrected chi connectivity index (χ0v) is 16.2. The predicted molar refractivity (Wildman–Crippen MR) is 101 cm³/mol. The molecule has 1 aromatic heterocycles. The van der Waals surface area contributed by atoms with E-state index in [4.69, 9.17) is 4.74 Å². The Balaban J connectivity index is 1.81. The van der Waals surface area contributed by atoms with E-state index in [1.54, 1.807) is 30.0 Å². The maximum absolute atomic E-state index is 12.9. The number of benzene rings is 1. The highest BCUT2D eigenvalue weighted by Crippen LogP contribution is 2.35. The molecule has 1 aliphatic rings. The number of hydrogen-bond acceptors (Lipinski definition) is 5. The smallest absolute Gasteiger partial charge is 0.412 e. The monoisotopic (exact) mass is 405 g/mol. The molecule has 1 N–H and O–H groups in total. The molecule has 29 heavy (non-hydrogen) atoms. The van der Waals surface area contributed by atoms with Crippen LogP contribution in [0.4, 0.5) is 19.4 Å². The van der Waals surface area contributed by atoms with Crippen LogP contribution in [0.3, 0.4) is 0 Å². The van der Waals surface area contributed by atoms with Crippen molar-refractivity contribution in [2.24, 2.45) is 0 Å². The van der Waals surface area contributed by atoms with Crippen LogP contribution in [0.2, 0.25) is 0 Å². The van der Waals surface area contributed by atoms with Gasteiger partial charge in [-0.25, -0.2) is 18.6 Å². The third-order valence-corrected chi connectivity index (χ3v) is 4.80. The van der Waals surface area contributed by atoms with Crippen LogP contribution in [-0.2, 0) is 11.3 Å². The molecule has 0 bridgehead atoms. The fraction of sp³-hybridized carbons (Fsp3) is 0.350. The molecule has 0 aliphatic carbocycles. The summed E-state index contributed by atoms with van der Waals surface area (Å²) in [6.45, 7) is 3.24.